The molecule has 6 heteroatoms. The summed E-state index contributed by atoms with van der Waals surface area (Å²) >= 11 is 1.42. The first-order valence-electron chi connectivity index (χ1n) is 5.43. The van der Waals surface area contributed by atoms with Gasteiger partial charge in [0.15, 0.2) is 5.84 Å². The van der Waals surface area contributed by atoms with E-state index in [0.29, 0.717) is 11.3 Å². The molecule has 1 aromatic carbocycles. The van der Waals surface area contributed by atoms with Crippen molar-refractivity contribution >= 4 is 23.1 Å². The minimum atomic E-state index is -0.585. The lowest BCUT2D eigenvalue weighted by molar-refractivity contribution is 0.0515. The molecule has 1 aromatic heterocycles. The fraction of sp³-hybridized carbons (Fsp3) is 0.0769. The second-order valence-electron chi connectivity index (χ2n) is 3.56. The summed E-state index contributed by atoms with van der Waals surface area (Å²) in [5.74, 6) is 0.161. The highest BCUT2D eigenvalue weighted by Crippen LogP contribution is 2.14. The first-order valence-corrected chi connectivity index (χ1v) is 6.31. The molecule has 0 spiro atoms. The van der Waals surface area contributed by atoms with Gasteiger partial charge in [-0.15, -0.1) is 11.3 Å². The van der Waals surface area contributed by atoms with Crippen LogP contribution < -0.4 is 10.5 Å². The van der Waals surface area contributed by atoms with Gasteiger partial charge >= 0.3 is 5.97 Å². The highest BCUT2D eigenvalue weighted by Gasteiger charge is 2.09. The van der Waals surface area contributed by atoms with E-state index in [9.17, 15) is 4.79 Å². The van der Waals surface area contributed by atoms with Gasteiger partial charge in [0, 0.05) is 0 Å². The van der Waals surface area contributed by atoms with E-state index in [0.717, 1.165) is 4.88 Å². The number of oxime groups is 1. The molecule has 5 nitrogen and oxygen atoms in total. The van der Waals surface area contributed by atoms with Crippen LogP contribution in [0.2, 0.25) is 0 Å². The molecule has 0 radical (unpaired) electrons. The maximum absolute atomic E-state index is 11.7. The van der Waals surface area contributed by atoms with Gasteiger partial charge in [-0.05, 0) is 29.6 Å². The molecule has 0 fully saturated rings. The van der Waals surface area contributed by atoms with E-state index in [2.05, 4.69) is 5.16 Å². The quantitative estimate of drug-likeness (QED) is 0.402. The Morgan fingerprint density at radius 1 is 1.32 bits per heavy atom. The van der Waals surface area contributed by atoms with E-state index in [1.54, 1.807) is 30.3 Å². The molecule has 0 saturated carbocycles. The Hall–Kier alpha value is -2.34. The monoisotopic (exact) mass is 276 g/mol. The minimum Gasteiger partial charge on any atom is -0.497 e. The average molecular weight is 276 g/mol. The zero-order valence-corrected chi connectivity index (χ0v) is 11.0. The van der Waals surface area contributed by atoms with Crippen molar-refractivity contribution in [3.63, 3.8) is 0 Å². The van der Waals surface area contributed by atoms with Gasteiger partial charge in [-0.2, -0.15) is 0 Å². The molecule has 0 atom stereocenters. The van der Waals surface area contributed by atoms with Crippen molar-refractivity contribution in [1.29, 1.82) is 0 Å². The van der Waals surface area contributed by atoms with Crippen LogP contribution in [0.1, 0.15) is 15.2 Å². The van der Waals surface area contributed by atoms with Crippen molar-refractivity contribution in [3.8, 4) is 5.75 Å². The van der Waals surface area contributed by atoms with E-state index < -0.39 is 5.97 Å². The number of benzene rings is 1. The highest BCUT2D eigenvalue weighted by atomic mass is 32.1. The summed E-state index contributed by atoms with van der Waals surface area (Å²) in [6, 6.07) is 10.2. The summed E-state index contributed by atoms with van der Waals surface area (Å²) in [5, 5.41) is 5.48. The van der Waals surface area contributed by atoms with Gasteiger partial charge in [-0.3, -0.25) is 0 Å². The van der Waals surface area contributed by atoms with Gasteiger partial charge in [0.2, 0.25) is 0 Å². The summed E-state index contributed by atoms with van der Waals surface area (Å²) in [4.78, 5) is 17.3. The summed E-state index contributed by atoms with van der Waals surface area (Å²) in [6.07, 6.45) is 0. The lowest BCUT2D eigenvalue weighted by atomic mass is 10.2. The van der Waals surface area contributed by atoms with Crippen LogP contribution in [-0.2, 0) is 4.84 Å². The molecule has 2 rings (SSSR count). The largest absolute Gasteiger partial charge is 0.497 e. The molecule has 0 aliphatic rings. The van der Waals surface area contributed by atoms with Gasteiger partial charge in [0.1, 0.15) is 5.75 Å². The molecule has 98 valence electrons. The zero-order chi connectivity index (χ0) is 13.7. The summed E-state index contributed by atoms with van der Waals surface area (Å²) in [5.41, 5.74) is 6.03. The van der Waals surface area contributed by atoms with Crippen molar-refractivity contribution in [2.45, 2.75) is 0 Å². The molecule has 0 aliphatic carbocycles. The topological polar surface area (TPSA) is 73.9 Å². The van der Waals surface area contributed by atoms with Crippen molar-refractivity contribution in [3.05, 3.63) is 52.2 Å². The first kappa shape index (κ1) is 13.1. The van der Waals surface area contributed by atoms with Crippen LogP contribution >= 0.6 is 11.3 Å². The lowest BCUT2D eigenvalue weighted by Gasteiger charge is -2.02. The standard InChI is InChI=1S/C13H12N2O3S/c1-17-10-5-2-4-9(8-10)13(16)18-15-12(14)11-6-3-7-19-11/h2-8H,1H3,(H2,14,15). The zero-order valence-electron chi connectivity index (χ0n) is 10.2. The number of thiophene rings is 1. The van der Waals surface area contributed by atoms with Gasteiger partial charge in [-0.1, -0.05) is 17.3 Å². The van der Waals surface area contributed by atoms with Crippen LogP contribution in [0.5, 0.6) is 5.75 Å². The van der Waals surface area contributed by atoms with Crippen molar-refractivity contribution in [1.82, 2.24) is 0 Å². The molecule has 0 aliphatic heterocycles. The summed E-state index contributed by atoms with van der Waals surface area (Å²) in [7, 11) is 1.53. The maximum atomic E-state index is 11.7. The van der Waals surface area contributed by atoms with Crippen LogP contribution in [0.25, 0.3) is 0 Å². The number of hydrogen-bond donors (Lipinski definition) is 1. The molecule has 2 N–H and O–H groups in total. The number of amidine groups is 1. The normalized spacial score (nSPS) is 11.1. The first-order chi connectivity index (χ1) is 9.20. The predicted octanol–water partition coefficient (Wildman–Crippen LogP) is 2.23. The molecule has 0 saturated heterocycles. The number of nitrogens with zero attached hydrogens (tertiary/aromatic N) is 1. The number of rotatable bonds is 4. The van der Waals surface area contributed by atoms with E-state index in [-0.39, 0.29) is 5.84 Å². The van der Waals surface area contributed by atoms with E-state index in [4.69, 9.17) is 15.3 Å². The molecule has 0 amide bonds. The SMILES string of the molecule is COc1cccc(C(=O)O/N=C(\N)c2cccs2)c1. The molecular formula is C13H12N2O3S. The second kappa shape index (κ2) is 6.01. The highest BCUT2D eigenvalue weighted by molar-refractivity contribution is 7.12. The summed E-state index contributed by atoms with van der Waals surface area (Å²) in [6.45, 7) is 0. The fourth-order valence-electron chi connectivity index (χ4n) is 1.36. The molecule has 2 aromatic rings. The third kappa shape index (κ3) is 3.32. The Labute approximate surface area is 114 Å². The van der Waals surface area contributed by atoms with Crippen LogP contribution in [0.15, 0.2) is 46.9 Å². The molecule has 1 heterocycles. The average Bonchev–Trinajstić information content (AvgIpc) is 2.98. The molecule has 19 heavy (non-hydrogen) atoms. The molecule has 0 unspecified atom stereocenters. The fourth-order valence-corrected chi connectivity index (χ4v) is 1.98. The van der Waals surface area contributed by atoms with Gasteiger partial charge < -0.3 is 15.3 Å². The van der Waals surface area contributed by atoms with Crippen LogP contribution in [0, 0.1) is 0 Å². The lowest BCUT2D eigenvalue weighted by Crippen LogP contribution is -2.13. The number of hydrogen-bond acceptors (Lipinski definition) is 5. The number of nitrogens with two attached hydrogens (primary N) is 1. The second-order valence-corrected chi connectivity index (χ2v) is 4.51. The maximum Gasteiger partial charge on any atom is 0.365 e. The van der Waals surface area contributed by atoms with E-state index in [1.165, 1.54) is 18.4 Å². The number of carbonyl (C=O) groups excluding carboxylic acids is 1. The third-order valence-corrected chi connectivity index (χ3v) is 3.20. The Morgan fingerprint density at radius 3 is 2.84 bits per heavy atom. The Kier molecular flexibility index (Phi) is 4.15. The Morgan fingerprint density at radius 2 is 2.16 bits per heavy atom. The van der Waals surface area contributed by atoms with Crippen molar-refractivity contribution < 1.29 is 14.4 Å². The van der Waals surface area contributed by atoms with Crippen molar-refractivity contribution in [2.75, 3.05) is 7.11 Å². The van der Waals surface area contributed by atoms with Crippen LogP contribution in [0.3, 0.4) is 0 Å². The third-order valence-electron chi connectivity index (χ3n) is 2.31. The number of carbonyl (C=O) groups is 1. The van der Waals surface area contributed by atoms with Crippen molar-refractivity contribution in [2.24, 2.45) is 10.9 Å². The number of methoxy groups -OCH3 is 1. The molecule has 0 bridgehead atoms. The Balaban J connectivity index is 2.07. The smallest absolute Gasteiger partial charge is 0.365 e. The van der Waals surface area contributed by atoms with E-state index >= 15 is 0 Å². The number of ether oxygens (including phenoxy) is 1. The van der Waals surface area contributed by atoms with Gasteiger partial charge in [0.05, 0.1) is 17.6 Å². The Bertz CT molecular complexity index is 594. The van der Waals surface area contributed by atoms with E-state index in [1.807, 2.05) is 11.4 Å². The van der Waals surface area contributed by atoms with Gasteiger partial charge in [-0.25, -0.2) is 4.79 Å². The predicted molar refractivity (Wildman–Crippen MR) is 73.5 cm³/mol. The van der Waals surface area contributed by atoms with Gasteiger partial charge in [0.25, 0.3) is 0 Å². The molecular weight excluding hydrogens is 264 g/mol. The van der Waals surface area contributed by atoms with Crippen LogP contribution in [-0.4, -0.2) is 18.9 Å². The summed E-state index contributed by atoms with van der Waals surface area (Å²) < 4.78 is 5.02. The minimum absolute atomic E-state index is 0.172. The van der Waals surface area contributed by atoms with Crippen LogP contribution in [0.4, 0.5) is 0 Å².